The standard InChI is InChI=1S/C19H28N2O4/c1-19(2,3)25-18(23)21-12-10-15(13-21)9-11-20-17(22)24-14-16-7-5-4-6-8-16/h4-8,15H,9-14H2,1-3H3,(H,20,22). The molecule has 1 aromatic rings. The molecule has 138 valence electrons. The minimum atomic E-state index is -0.473. The maximum atomic E-state index is 12.0. The van der Waals surface area contributed by atoms with Gasteiger partial charge >= 0.3 is 12.2 Å². The molecule has 0 aliphatic carbocycles. The van der Waals surface area contributed by atoms with E-state index < -0.39 is 11.7 Å². The molecule has 0 saturated carbocycles. The van der Waals surface area contributed by atoms with Crippen molar-refractivity contribution in [2.45, 2.75) is 45.8 Å². The second kappa shape index (κ2) is 8.74. The molecule has 2 amide bonds. The Morgan fingerprint density at radius 2 is 1.96 bits per heavy atom. The van der Waals surface area contributed by atoms with Gasteiger partial charge in [-0.2, -0.15) is 0 Å². The summed E-state index contributed by atoms with van der Waals surface area (Å²) in [5, 5.41) is 2.77. The zero-order valence-electron chi connectivity index (χ0n) is 15.3. The second-order valence-electron chi connectivity index (χ2n) is 7.36. The van der Waals surface area contributed by atoms with Gasteiger partial charge in [0.05, 0.1) is 0 Å². The van der Waals surface area contributed by atoms with Gasteiger partial charge in [0.15, 0.2) is 0 Å². The van der Waals surface area contributed by atoms with Gasteiger partial charge in [-0.3, -0.25) is 0 Å². The second-order valence-corrected chi connectivity index (χ2v) is 7.36. The van der Waals surface area contributed by atoms with Gasteiger partial charge in [0.2, 0.25) is 0 Å². The van der Waals surface area contributed by atoms with Gasteiger partial charge in [-0.05, 0) is 45.1 Å². The molecule has 1 heterocycles. The van der Waals surface area contributed by atoms with Crippen LogP contribution in [0.15, 0.2) is 30.3 Å². The molecule has 1 saturated heterocycles. The fraction of sp³-hybridized carbons (Fsp3) is 0.579. The molecule has 6 heteroatoms. The lowest BCUT2D eigenvalue weighted by atomic mass is 10.1. The Hall–Kier alpha value is -2.24. The molecule has 1 aromatic carbocycles. The van der Waals surface area contributed by atoms with Crippen LogP contribution >= 0.6 is 0 Å². The van der Waals surface area contributed by atoms with Crippen molar-refractivity contribution in [1.82, 2.24) is 10.2 Å². The Morgan fingerprint density at radius 3 is 2.64 bits per heavy atom. The Balaban J connectivity index is 1.61. The highest BCUT2D eigenvalue weighted by Gasteiger charge is 2.29. The molecule has 6 nitrogen and oxygen atoms in total. The zero-order chi connectivity index (χ0) is 18.3. The molecule has 0 radical (unpaired) electrons. The number of carbonyl (C=O) groups is 2. The molecule has 1 unspecified atom stereocenters. The normalized spacial score (nSPS) is 17.2. The predicted octanol–water partition coefficient (Wildman–Crippen LogP) is 3.56. The van der Waals surface area contributed by atoms with Crippen LogP contribution in [0.1, 0.15) is 39.2 Å². The van der Waals surface area contributed by atoms with Crippen molar-refractivity contribution in [3.8, 4) is 0 Å². The molecular formula is C19H28N2O4. The van der Waals surface area contributed by atoms with Crippen LogP contribution in [0, 0.1) is 5.92 Å². The fourth-order valence-electron chi connectivity index (χ4n) is 2.71. The van der Waals surface area contributed by atoms with Crippen molar-refractivity contribution in [3.63, 3.8) is 0 Å². The van der Waals surface area contributed by atoms with Crippen LogP contribution < -0.4 is 5.32 Å². The third-order valence-electron chi connectivity index (χ3n) is 3.97. The maximum Gasteiger partial charge on any atom is 0.410 e. The molecule has 2 rings (SSSR count). The quantitative estimate of drug-likeness (QED) is 0.883. The van der Waals surface area contributed by atoms with Gasteiger partial charge in [0.1, 0.15) is 12.2 Å². The van der Waals surface area contributed by atoms with E-state index in [-0.39, 0.29) is 12.7 Å². The molecule has 0 spiro atoms. The van der Waals surface area contributed by atoms with Crippen molar-refractivity contribution in [2.24, 2.45) is 5.92 Å². The monoisotopic (exact) mass is 348 g/mol. The molecule has 1 N–H and O–H groups in total. The first-order valence-corrected chi connectivity index (χ1v) is 8.76. The summed E-state index contributed by atoms with van der Waals surface area (Å²) in [5.74, 6) is 0.377. The first-order valence-electron chi connectivity index (χ1n) is 8.76. The van der Waals surface area contributed by atoms with Crippen LogP contribution in [0.25, 0.3) is 0 Å². The summed E-state index contributed by atoms with van der Waals surface area (Å²) in [7, 11) is 0. The van der Waals surface area contributed by atoms with E-state index in [4.69, 9.17) is 9.47 Å². The minimum Gasteiger partial charge on any atom is -0.445 e. The molecule has 0 aromatic heterocycles. The van der Waals surface area contributed by atoms with Crippen molar-refractivity contribution in [3.05, 3.63) is 35.9 Å². The van der Waals surface area contributed by atoms with Crippen LogP contribution in [-0.2, 0) is 16.1 Å². The van der Waals surface area contributed by atoms with Crippen molar-refractivity contribution in [1.29, 1.82) is 0 Å². The molecular weight excluding hydrogens is 320 g/mol. The van der Waals surface area contributed by atoms with Crippen LogP contribution in [0.3, 0.4) is 0 Å². The Kier molecular flexibility index (Phi) is 6.67. The van der Waals surface area contributed by atoms with E-state index in [0.29, 0.717) is 25.6 Å². The molecule has 1 aliphatic heterocycles. The number of rotatable bonds is 5. The highest BCUT2D eigenvalue weighted by molar-refractivity contribution is 5.68. The van der Waals surface area contributed by atoms with E-state index in [0.717, 1.165) is 18.4 Å². The van der Waals surface area contributed by atoms with Gasteiger partial charge in [-0.25, -0.2) is 9.59 Å². The number of ether oxygens (including phenoxy) is 2. The number of hydrogen-bond acceptors (Lipinski definition) is 4. The van der Waals surface area contributed by atoms with Gasteiger partial charge in [0, 0.05) is 19.6 Å². The summed E-state index contributed by atoms with van der Waals surface area (Å²) in [4.78, 5) is 25.5. The van der Waals surface area contributed by atoms with Crippen molar-refractivity contribution < 1.29 is 19.1 Å². The fourth-order valence-corrected chi connectivity index (χ4v) is 2.71. The number of hydrogen-bond donors (Lipinski definition) is 1. The Labute approximate surface area is 149 Å². The van der Waals surface area contributed by atoms with Crippen LogP contribution in [0.2, 0.25) is 0 Å². The lowest BCUT2D eigenvalue weighted by Crippen LogP contribution is -2.35. The molecule has 25 heavy (non-hydrogen) atoms. The lowest BCUT2D eigenvalue weighted by Gasteiger charge is -2.24. The third-order valence-corrected chi connectivity index (χ3v) is 3.97. The molecule has 1 aliphatic rings. The summed E-state index contributed by atoms with van der Waals surface area (Å²) in [6.45, 7) is 7.78. The summed E-state index contributed by atoms with van der Waals surface area (Å²) >= 11 is 0. The first-order chi connectivity index (χ1) is 11.8. The summed E-state index contributed by atoms with van der Waals surface area (Å²) in [6, 6.07) is 9.57. The van der Waals surface area contributed by atoms with Crippen LogP contribution in [0.4, 0.5) is 9.59 Å². The topological polar surface area (TPSA) is 67.9 Å². The molecule has 1 atom stereocenters. The zero-order valence-corrected chi connectivity index (χ0v) is 15.3. The number of alkyl carbamates (subject to hydrolysis) is 1. The van der Waals surface area contributed by atoms with Gasteiger partial charge < -0.3 is 19.7 Å². The van der Waals surface area contributed by atoms with E-state index >= 15 is 0 Å². The van der Waals surface area contributed by atoms with Gasteiger partial charge in [-0.15, -0.1) is 0 Å². The van der Waals surface area contributed by atoms with Gasteiger partial charge in [0.25, 0.3) is 0 Å². The van der Waals surface area contributed by atoms with E-state index in [1.54, 1.807) is 4.90 Å². The number of nitrogens with one attached hydrogen (secondary N) is 1. The summed E-state index contributed by atoms with van der Waals surface area (Å²) in [5.41, 5.74) is 0.487. The van der Waals surface area contributed by atoms with E-state index in [9.17, 15) is 9.59 Å². The van der Waals surface area contributed by atoms with E-state index in [2.05, 4.69) is 5.32 Å². The highest BCUT2D eigenvalue weighted by Crippen LogP contribution is 2.21. The molecule has 0 bridgehead atoms. The highest BCUT2D eigenvalue weighted by atomic mass is 16.6. The largest absolute Gasteiger partial charge is 0.445 e. The average molecular weight is 348 g/mol. The predicted molar refractivity (Wildman–Crippen MR) is 95.2 cm³/mol. The lowest BCUT2D eigenvalue weighted by molar-refractivity contribution is 0.0287. The first kappa shape index (κ1) is 19.1. The number of benzene rings is 1. The van der Waals surface area contributed by atoms with Crippen molar-refractivity contribution >= 4 is 12.2 Å². The third kappa shape index (κ3) is 7.03. The smallest absolute Gasteiger partial charge is 0.410 e. The van der Waals surface area contributed by atoms with Crippen LogP contribution in [-0.4, -0.2) is 42.3 Å². The van der Waals surface area contributed by atoms with Crippen molar-refractivity contribution in [2.75, 3.05) is 19.6 Å². The SMILES string of the molecule is CC(C)(C)OC(=O)N1CCC(CCNC(=O)OCc2ccccc2)C1. The van der Waals surface area contributed by atoms with E-state index in [1.165, 1.54) is 0 Å². The average Bonchev–Trinajstić information content (AvgIpc) is 3.01. The number of likely N-dealkylation sites (tertiary alicyclic amines) is 1. The Morgan fingerprint density at radius 1 is 1.24 bits per heavy atom. The minimum absolute atomic E-state index is 0.259. The number of carbonyl (C=O) groups excluding carboxylic acids is 2. The van der Waals surface area contributed by atoms with Gasteiger partial charge in [-0.1, -0.05) is 30.3 Å². The molecule has 1 fully saturated rings. The summed E-state index contributed by atoms with van der Waals surface area (Å²) < 4.78 is 10.6. The Bertz CT molecular complexity index is 569. The summed E-state index contributed by atoms with van der Waals surface area (Å²) in [6.07, 6.45) is 1.08. The number of amides is 2. The van der Waals surface area contributed by atoms with E-state index in [1.807, 2.05) is 51.1 Å². The van der Waals surface area contributed by atoms with Crippen LogP contribution in [0.5, 0.6) is 0 Å². The maximum absolute atomic E-state index is 12.0. The number of nitrogens with zero attached hydrogens (tertiary/aromatic N) is 1.